The van der Waals surface area contributed by atoms with Crippen LogP contribution in [0.3, 0.4) is 0 Å². The molecular weight excluding hydrogens is 379 g/mol. The van der Waals surface area contributed by atoms with Gasteiger partial charge in [0.05, 0.1) is 0 Å². The summed E-state index contributed by atoms with van der Waals surface area (Å²) in [7, 11) is -2.89. The minimum atomic E-state index is -2.89. The maximum Gasteiger partial charge on any atom is 0.171 e. The van der Waals surface area contributed by atoms with Crippen LogP contribution in [0, 0.1) is 6.92 Å². The molecular formula is C25H21OPS. The molecule has 0 aromatic heterocycles. The SMILES string of the molecule is Cc1ccc(Sc2ccc(P(=O)(c3ccccc3)c3ccccc3)cc2)cc1. The molecule has 0 fully saturated rings. The highest BCUT2D eigenvalue weighted by Crippen LogP contribution is 2.42. The molecule has 1 nitrogen and oxygen atoms in total. The van der Waals surface area contributed by atoms with Gasteiger partial charge in [-0.05, 0) is 43.3 Å². The topological polar surface area (TPSA) is 17.1 Å². The minimum Gasteiger partial charge on any atom is -0.309 e. The maximum atomic E-state index is 14.3. The molecule has 0 heterocycles. The molecule has 0 saturated heterocycles. The monoisotopic (exact) mass is 400 g/mol. The Morgan fingerprint density at radius 2 is 0.929 bits per heavy atom. The van der Waals surface area contributed by atoms with Crippen molar-refractivity contribution < 1.29 is 4.57 Å². The molecule has 4 aromatic carbocycles. The van der Waals surface area contributed by atoms with E-state index in [1.165, 1.54) is 10.5 Å². The van der Waals surface area contributed by atoms with Crippen LogP contribution in [0.1, 0.15) is 5.56 Å². The van der Waals surface area contributed by atoms with Gasteiger partial charge in [-0.15, -0.1) is 0 Å². The van der Waals surface area contributed by atoms with Crippen LogP contribution in [0.2, 0.25) is 0 Å². The number of hydrogen-bond acceptors (Lipinski definition) is 2. The highest BCUT2D eigenvalue weighted by atomic mass is 32.2. The molecule has 0 radical (unpaired) electrons. The molecule has 4 aromatic rings. The van der Waals surface area contributed by atoms with Crippen molar-refractivity contribution in [1.82, 2.24) is 0 Å². The van der Waals surface area contributed by atoms with E-state index in [1.54, 1.807) is 11.8 Å². The minimum absolute atomic E-state index is 0.859. The molecule has 0 spiro atoms. The smallest absolute Gasteiger partial charge is 0.171 e. The second kappa shape index (κ2) is 8.22. The summed E-state index contributed by atoms with van der Waals surface area (Å²) in [5.74, 6) is 0. The van der Waals surface area contributed by atoms with Gasteiger partial charge in [0.2, 0.25) is 0 Å². The molecule has 28 heavy (non-hydrogen) atoms. The Hall–Kier alpha value is -2.54. The molecule has 4 rings (SSSR count). The van der Waals surface area contributed by atoms with Crippen LogP contribution in [0.15, 0.2) is 119 Å². The Morgan fingerprint density at radius 1 is 0.536 bits per heavy atom. The number of aryl methyl sites for hydroxylation is 1. The van der Waals surface area contributed by atoms with Gasteiger partial charge in [0.25, 0.3) is 0 Å². The number of benzene rings is 4. The summed E-state index contributed by atoms with van der Waals surface area (Å²) >= 11 is 1.72. The lowest BCUT2D eigenvalue weighted by atomic mass is 10.2. The molecule has 0 aliphatic carbocycles. The fraction of sp³-hybridized carbons (Fsp3) is 0.0400. The number of rotatable bonds is 5. The molecule has 0 atom stereocenters. The standard InChI is InChI=1S/C25H21OPS/c1-20-12-16-24(17-13-20)28-25-18-14-23(15-19-25)27(26,21-8-4-2-5-9-21)22-10-6-3-7-11-22/h2-19H,1H3. The molecule has 0 bridgehead atoms. The molecule has 0 amide bonds. The van der Waals surface area contributed by atoms with E-state index in [2.05, 4.69) is 43.3 Å². The average molecular weight is 400 g/mol. The average Bonchev–Trinajstić information content (AvgIpc) is 2.76. The van der Waals surface area contributed by atoms with Crippen LogP contribution >= 0.6 is 18.9 Å². The third-order valence-corrected chi connectivity index (χ3v) is 8.79. The Balaban J connectivity index is 1.71. The van der Waals surface area contributed by atoms with E-state index < -0.39 is 7.14 Å². The van der Waals surface area contributed by atoms with Gasteiger partial charge in [-0.2, -0.15) is 0 Å². The predicted molar refractivity (Wildman–Crippen MR) is 121 cm³/mol. The third kappa shape index (κ3) is 3.85. The first-order valence-electron chi connectivity index (χ1n) is 9.23. The number of hydrogen-bond donors (Lipinski definition) is 0. The van der Waals surface area contributed by atoms with Crippen LogP contribution in [-0.4, -0.2) is 0 Å². The third-order valence-electron chi connectivity index (χ3n) is 4.70. The van der Waals surface area contributed by atoms with Crippen molar-refractivity contribution in [2.75, 3.05) is 0 Å². The largest absolute Gasteiger partial charge is 0.309 e. The Bertz CT molecular complexity index is 1050. The Morgan fingerprint density at radius 3 is 1.39 bits per heavy atom. The molecule has 0 aliphatic rings. The van der Waals surface area contributed by atoms with Crippen molar-refractivity contribution in [1.29, 1.82) is 0 Å². The summed E-state index contributed by atoms with van der Waals surface area (Å²) in [6, 6.07) is 36.2. The van der Waals surface area contributed by atoms with Gasteiger partial charge in [0.15, 0.2) is 7.14 Å². The molecule has 0 aliphatic heterocycles. The second-order valence-electron chi connectivity index (χ2n) is 6.69. The zero-order valence-corrected chi connectivity index (χ0v) is 17.4. The van der Waals surface area contributed by atoms with E-state index in [-0.39, 0.29) is 0 Å². The van der Waals surface area contributed by atoms with Crippen LogP contribution in [0.5, 0.6) is 0 Å². The van der Waals surface area contributed by atoms with Crippen molar-refractivity contribution in [2.45, 2.75) is 16.7 Å². The normalized spacial score (nSPS) is 11.3. The summed E-state index contributed by atoms with van der Waals surface area (Å²) in [5, 5.41) is 2.58. The highest BCUT2D eigenvalue weighted by Gasteiger charge is 2.29. The lowest BCUT2D eigenvalue weighted by molar-refractivity contribution is 0.592. The summed E-state index contributed by atoms with van der Waals surface area (Å²) in [6.45, 7) is 2.09. The van der Waals surface area contributed by atoms with E-state index in [0.29, 0.717) is 0 Å². The van der Waals surface area contributed by atoms with Crippen molar-refractivity contribution in [3.8, 4) is 0 Å². The highest BCUT2D eigenvalue weighted by molar-refractivity contribution is 7.99. The summed E-state index contributed by atoms with van der Waals surface area (Å²) in [6.07, 6.45) is 0. The van der Waals surface area contributed by atoms with Crippen molar-refractivity contribution >= 4 is 34.8 Å². The lowest BCUT2D eigenvalue weighted by Gasteiger charge is -2.20. The van der Waals surface area contributed by atoms with E-state index in [9.17, 15) is 4.57 Å². The zero-order valence-electron chi connectivity index (χ0n) is 15.7. The van der Waals surface area contributed by atoms with Gasteiger partial charge in [0, 0.05) is 25.7 Å². The summed E-state index contributed by atoms with van der Waals surface area (Å²) in [5.41, 5.74) is 1.26. The fourth-order valence-corrected chi connectivity index (χ4v) is 6.65. The maximum absolute atomic E-state index is 14.3. The zero-order chi connectivity index (χ0) is 19.4. The molecule has 0 unspecified atom stereocenters. The molecule has 3 heteroatoms. The second-order valence-corrected chi connectivity index (χ2v) is 10.6. The first-order chi connectivity index (χ1) is 13.7. The lowest BCUT2D eigenvalue weighted by Crippen LogP contribution is -2.24. The molecule has 0 N–H and O–H groups in total. The fourth-order valence-electron chi connectivity index (χ4n) is 3.19. The van der Waals surface area contributed by atoms with Gasteiger partial charge in [-0.3, -0.25) is 0 Å². The van der Waals surface area contributed by atoms with E-state index >= 15 is 0 Å². The van der Waals surface area contributed by atoms with Crippen LogP contribution < -0.4 is 15.9 Å². The van der Waals surface area contributed by atoms with Crippen molar-refractivity contribution in [3.63, 3.8) is 0 Å². The van der Waals surface area contributed by atoms with Crippen LogP contribution in [0.4, 0.5) is 0 Å². The van der Waals surface area contributed by atoms with Gasteiger partial charge in [0.1, 0.15) is 0 Å². The summed E-state index contributed by atoms with van der Waals surface area (Å²) < 4.78 is 14.3. The van der Waals surface area contributed by atoms with Gasteiger partial charge in [-0.1, -0.05) is 90.1 Å². The molecule has 138 valence electrons. The van der Waals surface area contributed by atoms with Gasteiger partial charge in [-0.25, -0.2) is 0 Å². The first kappa shape index (κ1) is 18.8. The Kier molecular flexibility index (Phi) is 5.52. The van der Waals surface area contributed by atoms with Crippen molar-refractivity contribution in [2.24, 2.45) is 0 Å². The quantitative estimate of drug-likeness (QED) is 0.395. The Labute approximate surface area is 170 Å². The van der Waals surface area contributed by atoms with Crippen molar-refractivity contribution in [3.05, 3.63) is 115 Å². The van der Waals surface area contributed by atoms with Gasteiger partial charge >= 0.3 is 0 Å². The van der Waals surface area contributed by atoms with Crippen LogP contribution in [0.25, 0.3) is 0 Å². The van der Waals surface area contributed by atoms with Gasteiger partial charge < -0.3 is 4.57 Å². The van der Waals surface area contributed by atoms with Crippen LogP contribution in [-0.2, 0) is 4.57 Å². The summed E-state index contributed by atoms with van der Waals surface area (Å²) in [4.78, 5) is 2.34. The van der Waals surface area contributed by atoms with E-state index in [0.717, 1.165) is 20.8 Å². The van der Waals surface area contributed by atoms with E-state index in [4.69, 9.17) is 0 Å². The molecule has 0 saturated carbocycles. The first-order valence-corrected chi connectivity index (χ1v) is 11.7. The predicted octanol–water partition coefficient (Wildman–Crippen LogP) is 5.79. The van der Waals surface area contributed by atoms with E-state index in [1.807, 2.05) is 72.8 Å².